The Balaban J connectivity index is 1.19. The van der Waals surface area contributed by atoms with Crippen molar-refractivity contribution in [3.05, 3.63) is 108 Å². The molecule has 4 N–H and O–H groups in total. The number of hydrogen-bond donors (Lipinski definition) is 4. The Kier molecular flexibility index (Phi) is 9.32. The van der Waals surface area contributed by atoms with Crippen LogP contribution in [-0.4, -0.2) is 59.3 Å². The number of pyridine rings is 1. The van der Waals surface area contributed by atoms with E-state index in [2.05, 4.69) is 25.4 Å². The van der Waals surface area contributed by atoms with Crippen LogP contribution in [0.4, 0.5) is 5.82 Å². The van der Waals surface area contributed by atoms with E-state index in [0.717, 1.165) is 52.9 Å². The topological polar surface area (TPSA) is 155 Å². The fourth-order valence-electron chi connectivity index (χ4n) is 4.79. The van der Waals surface area contributed by atoms with Crippen molar-refractivity contribution in [3.8, 4) is 11.1 Å². The second kappa shape index (κ2) is 13.5. The lowest BCUT2D eigenvalue weighted by molar-refractivity contribution is -0.138. The quantitative estimate of drug-likeness (QED) is 0.146. The Morgan fingerprint density at radius 3 is 2.36 bits per heavy atom. The minimum Gasteiger partial charge on any atom is -0.480 e. The second-order valence-electron chi connectivity index (χ2n) is 10.2. The van der Waals surface area contributed by atoms with Crippen LogP contribution in [0.15, 0.2) is 102 Å². The van der Waals surface area contributed by atoms with Crippen LogP contribution in [0, 0.1) is 0 Å². The van der Waals surface area contributed by atoms with Crippen molar-refractivity contribution in [1.29, 1.82) is 0 Å². The number of nitrogens with one attached hydrogen (secondary N) is 3. The molecule has 2 aromatic heterocycles. The summed E-state index contributed by atoms with van der Waals surface area (Å²) in [5, 5.41) is 21.0. The number of carboxylic acids is 1. The van der Waals surface area contributed by atoms with Gasteiger partial charge in [-0.3, -0.25) is 14.3 Å². The maximum absolute atomic E-state index is 13.0. The number of aromatic nitrogens is 3. The smallest absolute Gasteiger partial charge is 0.323 e. The molecule has 0 bridgehead atoms. The van der Waals surface area contributed by atoms with Gasteiger partial charge in [0.1, 0.15) is 11.9 Å². The van der Waals surface area contributed by atoms with Crippen LogP contribution in [0.3, 0.4) is 0 Å². The zero-order valence-electron chi connectivity index (χ0n) is 24.0. The van der Waals surface area contributed by atoms with Gasteiger partial charge in [0.15, 0.2) is 0 Å². The molecule has 1 amide bonds. The molecule has 3 aromatic carbocycles. The first-order chi connectivity index (χ1) is 21.2. The predicted octanol–water partition coefficient (Wildman–Crippen LogP) is 3.84. The molecule has 1 unspecified atom stereocenters. The lowest BCUT2D eigenvalue weighted by Gasteiger charge is -2.16. The van der Waals surface area contributed by atoms with Crippen molar-refractivity contribution < 1.29 is 23.1 Å². The summed E-state index contributed by atoms with van der Waals surface area (Å²) in [6.45, 7) is 0.274. The Morgan fingerprint density at radius 1 is 0.932 bits per heavy atom. The molecule has 12 heteroatoms. The van der Waals surface area contributed by atoms with E-state index < -0.39 is 34.5 Å². The maximum atomic E-state index is 13.0. The number of carbonyl (C=O) groups excluding carboxylic acids is 1. The van der Waals surface area contributed by atoms with Crippen molar-refractivity contribution >= 4 is 38.6 Å². The molecule has 0 aliphatic heterocycles. The molecule has 11 nitrogen and oxygen atoms in total. The summed E-state index contributed by atoms with van der Waals surface area (Å²) in [6.07, 6.45) is 3.28. The molecule has 0 spiro atoms. The van der Waals surface area contributed by atoms with Crippen molar-refractivity contribution in [2.75, 3.05) is 18.4 Å². The van der Waals surface area contributed by atoms with E-state index in [-0.39, 0.29) is 4.90 Å². The van der Waals surface area contributed by atoms with Crippen molar-refractivity contribution in [3.63, 3.8) is 0 Å². The van der Waals surface area contributed by atoms with Gasteiger partial charge in [0.2, 0.25) is 10.0 Å². The third-order valence-corrected chi connectivity index (χ3v) is 8.57. The zero-order valence-corrected chi connectivity index (χ0v) is 24.8. The molecule has 2 heterocycles. The number of sulfonamides is 1. The Hall–Kier alpha value is -5.07. The van der Waals surface area contributed by atoms with Crippen molar-refractivity contribution in [1.82, 2.24) is 24.8 Å². The van der Waals surface area contributed by atoms with Crippen LogP contribution in [0.2, 0.25) is 0 Å². The summed E-state index contributed by atoms with van der Waals surface area (Å²) in [7, 11) is -2.38. The molecule has 44 heavy (non-hydrogen) atoms. The lowest BCUT2D eigenvalue weighted by Crippen LogP contribution is -2.48. The number of carboxylic acid groups (broad SMARTS) is 1. The fraction of sp³-hybridized carbons (Fsp3) is 0.188. The first-order valence-electron chi connectivity index (χ1n) is 14.0. The van der Waals surface area contributed by atoms with E-state index in [4.69, 9.17) is 0 Å². The lowest BCUT2D eigenvalue weighted by atomic mass is 10.1. The minimum atomic E-state index is -4.17. The third-order valence-electron chi connectivity index (χ3n) is 7.09. The predicted molar refractivity (Wildman–Crippen MR) is 168 cm³/mol. The summed E-state index contributed by atoms with van der Waals surface area (Å²) in [6, 6.07) is 24.8. The van der Waals surface area contributed by atoms with Gasteiger partial charge in [-0.25, -0.2) is 13.4 Å². The normalized spacial score (nSPS) is 12.1. The van der Waals surface area contributed by atoms with Gasteiger partial charge in [-0.2, -0.15) is 9.82 Å². The SMILES string of the molecule is Cn1nc(CCCNc2ccccn2)c2ccc(C(=O)NCC(NS(=O)(=O)c3ccc(-c4ccccc4)cc3)C(=O)O)cc21. The summed E-state index contributed by atoms with van der Waals surface area (Å²) < 4.78 is 29.8. The fourth-order valence-corrected chi connectivity index (χ4v) is 5.98. The van der Waals surface area contributed by atoms with Crippen LogP contribution in [0.25, 0.3) is 22.0 Å². The molecule has 0 aliphatic rings. The highest BCUT2D eigenvalue weighted by atomic mass is 32.2. The Morgan fingerprint density at radius 2 is 1.66 bits per heavy atom. The number of benzene rings is 3. The van der Waals surface area contributed by atoms with Gasteiger partial charge in [-0.05, 0) is 60.4 Å². The van der Waals surface area contributed by atoms with Crippen LogP contribution < -0.4 is 15.4 Å². The van der Waals surface area contributed by atoms with Gasteiger partial charge in [0, 0.05) is 37.3 Å². The monoisotopic (exact) mass is 612 g/mol. The first-order valence-corrected chi connectivity index (χ1v) is 15.5. The molecule has 5 rings (SSSR count). The molecule has 0 saturated carbocycles. The van der Waals surface area contributed by atoms with Crippen molar-refractivity contribution in [2.24, 2.45) is 7.05 Å². The number of aryl methyl sites for hydroxylation is 2. The van der Waals surface area contributed by atoms with Gasteiger partial charge < -0.3 is 15.7 Å². The minimum absolute atomic E-state index is 0.0836. The van der Waals surface area contributed by atoms with E-state index >= 15 is 0 Å². The van der Waals surface area contributed by atoms with Gasteiger partial charge in [0.05, 0.1) is 16.1 Å². The van der Waals surface area contributed by atoms with Crippen LogP contribution in [0.1, 0.15) is 22.5 Å². The number of aliphatic carboxylic acids is 1. The summed E-state index contributed by atoms with van der Waals surface area (Å²) in [4.78, 5) is 29.0. The number of rotatable bonds is 13. The number of carbonyl (C=O) groups is 2. The third kappa shape index (κ3) is 7.28. The zero-order chi connectivity index (χ0) is 31.1. The molecule has 0 saturated heterocycles. The number of anilines is 1. The highest BCUT2D eigenvalue weighted by Gasteiger charge is 2.26. The number of nitrogens with zero attached hydrogens (tertiary/aromatic N) is 3. The standard InChI is InChI=1S/C32H32N6O5S/c1-38-29-20-24(14-17-26(29)27(36-38)10-7-19-34-30-11-5-6-18-33-30)31(39)35-21-28(32(40)41)37-44(42,43)25-15-12-23(13-16-25)22-8-3-2-4-9-22/h2-6,8-9,11-18,20,28,37H,7,10,19,21H2,1H3,(H,33,34)(H,35,39)(H,40,41). The average Bonchev–Trinajstić information content (AvgIpc) is 3.36. The average molecular weight is 613 g/mol. The maximum Gasteiger partial charge on any atom is 0.323 e. The molecule has 0 radical (unpaired) electrons. The molecule has 1 atom stereocenters. The Bertz CT molecular complexity index is 1860. The summed E-state index contributed by atoms with van der Waals surface area (Å²) in [5.74, 6) is -1.14. The van der Waals surface area contributed by atoms with Gasteiger partial charge >= 0.3 is 5.97 Å². The number of fused-ring (bicyclic) bond motifs is 1. The van der Waals surface area contributed by atoms with Crippen LogP contribution in [0.5, 0.6) is 0 Å². The van der Waals surface area contributed by atoms with Crippen molar-refractivity contribution in [2.45, 2.75) is 23.8 Å². The molecule has 0 fully saturated rings. The highest BCUT2D eigenvalue weighted by Crippen LogP contribution is 2.22. The van der Waals surface area contributed by atoms with E-state index in [1.807, 2.05) is 54.6 Å². The number of amides is 1. The second-order valence-corrected chi connectivity index (χ2v) is 11.9. The Labute approximate surface area is 255 Å². The number of hydrogen-bond acceptors (Lipinski definition) is 7. The van der Waals surface area contributed by atoms with Crippen LogP contribution in [-0.2, 0) is 28.3 Å². The van der Waals surface area contributed by atoms with E-state index in [9.17, 15) is 23.1 Å². The summed E-state index contributed by atoms with van der Waals surface area (Å²) in [5.41, 5.74) is 3.69. The molecule has 5 aromatic rings. The van der Waals surface area contributed by atoms with E-state index in [1.54, 1.807) is 42.2 Å². The van der Waals surface area contributed by atoms with Crippen LogP contribution >= 0.6 is 0 Å². The largest absolute Gasteiger partial charge is 0.480 e. The first kappa shape index (κ1) is 30.4. The van der Waals surface area contributed by atoms with Gasteiger partial charge in [0.25, 0.3) is 5.91 Å². The molecule has 226 valence electrons. The van der Waals surface area contributed by atoms with Gasteiger partial charge in [-0.15, -0.1) is 0 Å². The molecular weight excluding hydrogens is 580 g/mol. The summed E-state index contributed by atoms with van der Waals surface area (Å²) >= 11 is 0. The highest BCUT2D eigenvalue weighted by molar-refractivity contribution is 7.89. The van der Waals surface area contributed by atoms with E-state index in [1.165, 1.54) is 12.1 Å². The molecule has 0 aliphatic carbocycles. The van der Waals surface area contributed by atoms with Gasteiger partial charge in [-0.1, -0.05) is 54.6 Å². The van der Waals surface area contributed by atoms with E-state index in [0.29, 0.717) is 5.56 Å². The molecular formula is C32H32N6O5S.